The molecule has 0 aliphatic heterocycles. The fourth-order valence-corrected chi connectivity index (χ4v) is 13.0. The lowest BCUT2D eigenvalue weighted by Gasteiger charge is -2.94. The third kappa shape index (κ3) is 0.374. The Bertz CT molecular complexity index is 607. The topological polar surface area (TPSA) is 0 Å². The molecule has 0 aromatic carbocycles. The van der Waals surface area contributed by atoms with Crippen molar-refractivity contribution < 1.29 is 0 Å². The van der Waals surface area contributed by atoms with Crippen LogP contribution in [-0.2, 0) is 0 Å². The Morgan fingerprint density at radius 1 is 0.737 bits per heavy atom. The lowest BCUT2D eigenvalue weighted by Crippen LogP contribution is -2.91. The Morgan fingerprint density at radius 3 is 2.16 bits per heavy atom. The first kappa shape index (κ1) is 9.85. The van der Waals surface area contributed by atoms with E-state index in [9.17, 15) is 0 Å². The van der Waals surface area contributed by atoms with Crippen LogP contribution >= 0.6 is 0 Å². The summed E-state index contributed by atoms with van der Waals surface area (Å²) < 4.78 is 0. The van der Waals surface area contributed by atoms with E-state index in [1.54, 1.807) is 12.8 Å². The Balaban J connectivity index is 1.68. The van der Waals surface area contributed by atoms with Gasteiger partial charge in [-0.25, -0.2) is 0 Å². The van der Waals surface area contributed by atoms with E-state index in [-0.39, 0.29) is 0 Å². The van der Waals surface area contributed by atoms with Crippen molar-refractivity contribution in [3.63, 3.8) is 0 Å². The largest absolute Gasteiger partial charge is 0.0617 e. The van der Waals surface area contributed by atoms with Gasteiger partial charge in [0.05, 0.1) is 0 Å². The van der Waals surface area contributed by atoms with Crippen molar-refractivity contribution in [1.29, 1.82) is 0 Å². The summed E-state index contributed by atoms with van der Waals surface area (Å²) >= 11 is 0. The van der Waals surface area contributed by atoms with Crippen LogP contribution in [-0.4, -0.2) is 0 Å². The van der Waals surface area contributed by atoms with Gasteiger partial charge in [-0.3, -0.25) is 0 Å². The Hall–Kier alpha value is 0. The molecule has 2 spiro atoms. The van der Waals surface area contributed by atoms with Gasteiger partial charge in [0, 0.05) is 0 Å². The molecule has 9 rings (SSSR count). The molecule has 0 heteroatoms. The van der Waals surface area contributed by atoms with Crippen molar-refractivity contribution in [3.05, 3.63) is 0 Å². The first-order valence-electron chi connectivity index (χ1n) is 8.89. The lowest BCUT2D eigenvalue weighted by atomic mass is 9.09. The van der Waals surface area contributed by atoms with Crippen LogP contribution < -0.4 is 0 Å². The first-order chi connectivity index (χ1) is 8.89. The molecular weight excluding hydrogens is 228 g/mol. The van der Waals surface area contributed by atoms with Gasteiger partial charge in [-0.1, -0.05) is 34.6 Å². The average Bonchev–Trinajstić information content (AvgIpc) is 3.00. The number of hydrogen-bond donors (Lipinski definition) is 0. The summed E-state index contributed by atoms with van der Waals surface area (Å²) in [5, 5.41) is 0. The third-order valence-electron chi connectivity index (χ3n) is 12.4. The van der Waals surface area contributed by atoms with E-state index in [1.165, 1.54) is 11.8 Å². The van der Waals surface area contributed by atoms with Crippen molar-refractivity contribution in [2.24, 2.45) is 68.5 Å². The summed E-state index contributed by atoms with van der Waals surface area (Å²) in [5.41, 5.74) is 3.91. The molecular formula is C19H26. The minimum absolute atomic E-state index is 0.716. The van der Waals surface area contributed by atoms with E-state index in [0.29, 0.717) is 5.41 Å². The Kier molecular flexibility index (Phi) is 0.960. The predicted octanol–water partition coefficient (Wildman–Crippen LogP) is 4.21. The molecule has 0 radical (unpaired) electrons. The maximum Gasteiger partial charge on any atom is -0.0100 e. The zero-order chi connectivity index (χ0) is 13.0. The maximum atomic E-state index is 2.79. The Morgan fingerprint density at radius 2 is 1.42 bits per heavy atom. The van der Waals surface area contributed by atoms with Gasteiger partial charge in [0.15, 0.2) is 0 Å². The molecule has 0 amide bonds. The molecule has 12 atom stereocenters. The van der Waals surface area contributed by atoms with Crippen LogP contribution in [0.5, 0.6) is 0 Å². The van der Waals surface area contributed by atoms with Gasteiger partial charge in [0.2, 0.25) is 0 Å². The van der Waals surface area contributed by atoms with E-state index in [4.69, 9.17) is 0 Å². The molecule has 6 bridgehead atoms. The standard InChI is InChI=1S/C19H26/c1-8-11-7-12-14-13-6-10-9(2)18(13)16(10,4)17(5,15(8,12)3)19(11,14)18/h8-14H,6-7H2,1-5H3. The van der Waals surface area contributed by atoms with E-state index in [1.807, 2.05) is 0 Å². The second kappa shape index (κ2) is 1.85. The third-order valence-corrected chi connectivity index (χ3v) is 12.4. The first-order valence-corrected chi connectivity index (χ1v) is 8.89. The molecule has 9 aliphatic rings. The molecule has 0 heterocycles. The van der Waals surface area contributed by atoms with E-state index < -0.39 is 0 Å². The van der Waals surface area contributed by atoms with Gasteiger partial charge in [-0.15, -0.1) is 0 Å². The van der Waals surface area contributed by atoms with Crippen LogP contribution in [0.4, 0.5) is 0 Å². The SMILES string of the molecule is CC1C2CC3C4C5CC6C(C)C57C6(C)C(C)(C13C)C247. The van der Waals surface area contributed by atoms with Crippen LogP contribution in [0.25, 0.3) is 0 Å². The van der Waals surface area contributed by atoms with E-state index in [0.717, 1.165) is 51.2 Å². The second-order valence-electron chi connectivity index (χ2n) is 10.3. The summed E-state index contributed by atoms with van der Waals surface area (Å²) in [6.07, 6.45) is 3.26. The zero-order valence-corrected chi connectivity index (χ0v) is 13.0. The highest BCUT2D eigenvalue weighted by Crippen LogP contribution is 3.17. The molecule has 12 unspecified atom stereocenters. The molecule has 9 saturated carbocycles. The molecule has 0 nitrogen and oxygen atoms in total. The van der Waals surface area contributed by atoms with Crippen molar-refractivity contribution in [2.45, 2.75) is 47.5 Å². The van der Waals surface area contributed by atoms with Crippen LogP contribution in [0.15, 0.2) is 0 Å². The van der Waals surface area contributed by atoms with Gasteiger partial charge < -0.3 is 0 Å². The fourth-order valence-electron chi connectivity index (χ4n) is 13.0. The molecule has 19 heavy (non-hydrogen) atoms. The summed E-state index contributed by atoms with van der Waals surface area (Å²) in [6.45, 7) is 13.6. The second-order valence-corrected chi connectivity index (χ2v) is 10.3. The molecule has 0 saturated heterocycles. The minimum atomic E-state index is 0.716. The minimum Gasteiger partial charge on any atom is -0.0617 e. The van der Waals surface area contributed by atoms with Crippen LogP contribution in [0, 0.1) is 68.5 Å². The molecule has 9 fully saturated rings. The molecule has 0 aromatic rings. The normalized spacial score (nSPS) is 93.6. The van der Waals surface area contributed by atoms with Crippen LogP contribution in [0.1, 0.15) is 47.5 Å². The highest BCUT2D eigenvalue weighted by atomic mass is 15.2. The summed E-state index contributed by atoms with van der Waals surface area (Å²) in [7, 11) is 0. The van der Waals surface area contributed by atoms with Crippen molar-refractivity contribution >= 4 is 0 Å². The van der Waals surface area contributed by atoms with Gasteiger partial charge >= 0.3 is 0 Å². The quantitative estimate of drug-likeness (QED) is 0.607. The monoisotopic (exact) mass is 254 g/mol. The molecule has 9 aliphatic carbocycles. The highest BCUT2D eigenvalue weighted by molar-refractivity contribution is 5.59. The molecule has 0 N–H and O–H groups in total. The highest BCUT2D eigenvalue weighted by Gasteiger charge is 3.13. The summed E-state index contributed by atoms with van der Waals surface area (Å²) in [4.78, 5) is 0. The van der Waals surface area contributed by atoms with Crippen molar-refractivity contribution in [1.82, 2.24) is 0 Å². The zero-order valence-electron chi connectivity index (χ0n) is 13.0. The Labute approximate surface area is 116 Å². The van der Waals surface area contributed by atoms with Crippen LogP contribution in [0.3, 0.4) is 0 Å². The fraction of sp³-hybridized carbons (Fsp3) is 1.00. The summed E-state index contributed by atoms with van der Waals surface area (Å²) in [5.74, 6) is 7.84. The smallest absolute Gasteiger partial charge is 0.0100 e. The number of hydrogen-bond acceptors (Lipinski definition) is 0. The number of rotatable bonds is 0. The van der Waals surface area contributed by atoms with Crippen LogP contribution in [0.2, 0.25) is 0 Å². The molecule has 102 valence electrons. The van der Waals surface area contributed by atoms with Crippen molar-refractivity contribution in [3.8, 4) is 0 Å². The van der Waals surface area contributed by atoms with Crippen molar-refractivity contribution in [2.75, 3.05) is 0 Å². The van der Waals surface area contributed by atoms with Gasteiger partial charge in [0.1, 0.15) is 0 Å². The van der Waals surface area contributed by atoms with Gasteiger partial charge in [-0.05, 0) is 81.3 Å². The maximum absolute atomic E-state index is 2.79. The average molecular weight is 254 g/mol. The predicted molar refractivity (Wildman–Crippen MR) is 74.2 cm³/mol. The van der Waals surface area contributed by atoms with Gasteiger partial charge in [0.25, 0.3) is 0 Å². The van der Waals surface area contributed by atoms with E-state index in [2.05, 4.69) is 34.6 Å². The van der Waals surface area contributed by atoms with Gasteiger partial charge in [-0.2, -0.15) is 0 Å². The summed E-state index contributed by atoms with van der Waals surface area (Å²) in [6, 6.07) is 0. The lowest BCUT2D eigenvalue weighted by molar-refractivity contribution is -0.483. The molecule has 0 aromatic heterocycles. The van der Waals surface area contributed by atoms with E-state index >= 15 is 0 Å².